The lowest BCUT2D eigenvalue weighted by Crippen LogP contribution is -2.42. The van der Waals surface area contributed by atoms with Crippen molar-refractivity contribution in [3.05, 3.63) is 12.0 Å². The van der Waals surface area contributed by atoms with Crippen LogP contribution < -0.4 is 11.1 Å². The van der Waals surface area contributed by atoms with Crippen molar-refractivity contribution in [2.24, 2.45) is 0 Å². The number of nitrogens with zero attached hydrogens (tertiary/aromatic N) is 2. The van der Waals surface area contributed by atoms with Gasteiger partial charge in [0.05, 0.1) is 11.8 Å². The predicted octanol–water partition coefficient (Wildman–Crippen LogP) is 0.151. The summed E-state index contributed by atoms with van der Waals surface area (Å²) in [6.07, 6.45) is 2.03. The topological polar surface area (TPSA) is 93.3 Å². The van der Waals surface area contributed by atoms with Crippen molar-refractivity contribution in [1.29, 1.82) is 0 Å². The number of hydrogen-bond acceptors (Lipinski definition) is 6. The SMILES string of the molecule is Nc1ncc(F)c(NCC2(O)CCOCC2)n1. The van der Waals surface area contributed by atoms with E-state index in [1.807, 2.05) is 0 Å². The number of nitrogens with two attached hydrogens (primary N) is 1. The van der Waals surface area contributed by atoms with Gasteiger partial charge in [-0.2, -0.15) is 4.98 Å². The highest BCUT2D eigenvalue weighted by Crippen LogP contribution is 2.21. The molecule has 1 aliphatic rings. The molecule has 0 atom stereocenters. The van der Waals surface area contributed by atoms with E-state index in [9.17, 15) is 9.50 Å². The molecule has 17 heavy (non-hydrogen) atoms. The molecular formula is C10H15FN4O2. The second-order valence-corrected chi connectivity index (χ2v) is 4.12. The molecule has 0 unspecified atom stereocenters. The summed E-state index contributed by atoms with van der Waals surface area (Å²) in [5.74, 6) is -0.583. The Morgan fingerprint density at radius 3 is 2.94 bits per heavy atom. The van der Waals surface area contributed by atoms with Crippen molar-refractivity contribution in [1.82, 2.24) is 9.97 Å². The molecule has 0 aromatic carbocycles. The van der Waals surface area contributed by atoms with E-state index in [4.69, 9.17) is 10.5 Å². The zero-order chi connectivity index (χ0) is 12.3. The number of ether oxygens (including phenoxy) is 1. The minimum atomic E-state index is -0.885. The van der Waals surface area contributed by atoms with Crippen molar-refractivity contribution in [3.63, 3.8) is 0 Å². The van der Waals surface area contributed by atoms with E-state index in [-0.39, 0.29) is 18.3 Å². The van der Waals surface area contributed by atoms with E-state index in [0.29, 0.717) is 26.1 Å². The van der Waals surface area contributed by atoms with Crippen molar-refractivity contribution < 1.29 is 14.2 Å². The second kappa shape index (κ2) is 4.80. The van der Waals surface area contributed by atoms with Gasteiger partial charge in [-0.05, 0) is 0 Å². The summed E-state index contributed by atoms with van der Waals surface area (Å²) in [6, 6.07) is 0. The van der Waals surface area contributed by atoms with Gasteiger partial charge in [0.1, 0.15) is 0 Å². The third-order valence-electron chi connectivity index (χ3n) is 2.77. The van der Waals surface area contributed by atoms with Crippen molar-refractivity contribution in [2.45, 2.75) is 18.4 Å². The molecule has 0 amide bonds. The molecule has 4 N–H and O–H groups in total. The van der Waals surface area contributed by atoms with Crippen LogP contribution in [0.15, 0.2) is 6.20 Å². The van der Waals surface area contributed by atoms with Crippen LogP contribution >= 0.6 is 0 Å². The van der Waals surface area contributed by atoms with Crippen LogP contribution in [0, 0.1) is 5.82 Å². The molecule has 0 spiro atoms. The lowest BCUT2D eigenvalue weighted by atomic mass is 9.94. The number of hydrogen-bond donors (Lipinski definition) is 3. The van der Waals surface area contributed by atoms with Crippen molar-refractivity contribution in [2.75, 3.05) is 30.8 Å². The minimum absolute atomic E-state index is 0.00660. The van der Waals surface area contributed by atoms with E-state index in [1.54, 1.807) is 0 Å². The van der Waals surface area contributed by atoms with Crippen LogP contribution in [-0.4, -0.2) is 40.4 Å². The molecule has 0 radical (unpaired) electrons. The van der Waals surface area contributed by atoms with E-state index >= 15 is 0 Å². The summed E-state index contributed by atoms with van der Waals surface area (Å²) in [7, 11) is 0. The number of anilines is 2. The van der Waals surface area contributed by atoms with Crippen LogP contribution in [0.2, 0.25) is 0 Å². The fourth-order valence-electron chi connectivity index (χ4n) is 1.68. The number of aromatic nitrogens is 2. The van der Waals surface area contributed by atoms with E-state index in [2.05, 4.69) is 15.3 Å². The zero-order valence-corrected chi connectivity index (χ0v) is 9.32. The molecule has 0 aliphatic carbocycles. The third-order valence-corrected chi connectivity index (χ3v) is 2.77. The van der Waals surface area contributed by atoms with Gasteiger partial charge in [0, 0.05) is 32.6 Å². The first-order valence-corrected chi connectivity index (χ1v) is 5.41. The quantitative estimate of drug-likeness (QED) is 0.698. The molecule has 6 nitrogen and oxygen atoms in total. The Bertz CT molecular complexity index is 396. The highest BCUT2D eigenvalue weighted by atomic mass is 19.1. The first-order valence-electron chi connectivity index (χ1n) is 5.41. The van der Waals surface area contributed by atoms with Gasteiger partial charge in [0.2, 0.25) is 5.95 Å². The van der Waals surface area contributed by atoms with Gasteiger partial charge in [-0.15, -0.1) is 0 Å². The van der Waals surface area contributed by atoms with Crippen molar-refractivity contribution >= 4 is 11.8 Å². The van der Waals surface area contributed by atoms with Gasteiger partial charge in [-0.1, -0.05) is 0 Å². The second-order valence-electron chi connectivity index (χ2n) is 4.12. The molecule has 0 saturated carbocycles. The molecule has 2 heterocycles. The maximum absolute atomic E-state index is 13.3. The molecule has 1 aromatic heterocycles. The molecule has 1 fully saturated rings. The van der Waals surface area contributed by atoms with Crippen LogP contribution in [0.4, 0.5) is 16.2 Å². The van der Waals surface area contributed by atoms with Gasteiger partial charge in [0.25, 0.3) is 0 Å². The Morgan fingerprint density at radius 2 is 2.24 bits per heavy atom. The fourth-order valence-corrected chi connectivity index (χ4v) is 1.68. The number of nitrogens with one attached hydrogen (secondary N) is 1. The van der Waals surface area contributed by atoms with Crippen LogP contribution in [0.5, 0.6) is 0 Å². The normalized spacial score (nSPS) is 18.9. The van der Waals surface area contributed by atoms with E-state index in [1.165, 1.54) is 0 Å². The highest BCUT2D eigenvalue weighted by Gasteiger charge is 2.29. The van der Waals surface area contributed by atoms with E-state index in [0.717, 1.165) is 6.20 Å². The Balaban J connectivity index is 1.99. The summed E-state index contributed by atoms with van der Waals surface area (Å²) in [5, 5.41) is 12.9. The number of rotatable bonds is 3. The summed E-state index contributed by atoms with van der Waals surface area (Å²) in [4.78, 5) is 7.25. The maximum Gasteiger partial charge on any atom is 0.222 e. The Kier molecular flexibility index (Phi) is 3.39. The van der Waals surface area contributed by atoms with Crippen LogP contribution in [-0.2, 0) is 4.74 Å². The number of halogens is 1. The molecule has 1 aliphatic heterocycles. The predicted molar refractivity (Wildman–Crippen MR) is 59.9 cm³/mol. The van der Waals surface area contributed by atoms with Crippen LogP contribution in [0.1, 0.15) is 12.8 Å². The van der Waals surface area contributed by atoms with Gasteiger partial charge in [0.15, 0.2) is 11.6 Å². The van der Waals surface area contributed by atoms with Crippen LogP contribution in [0.25, 0.3) is 0 Å². The molecule has 2 rings (SSSR count). The zero-order valence-electron chi connectivity index (χ0n) is 9.32. The molecule has 1 aromatic rings. The van der Waals surface area contributed by atoms with Gasteiger partial charge in [-0.25, -0.2) is 9.37 Å². The Morgan fingerprint density at radius 1 is 1.53 bits per heavy atom. The molecular weight excluding hydrogens is 227 g/mol. The van der Waals surface area contributed by atoms with Crippen LogP contribution in [0.3, 0.4) is 0 Å². The Labute approximate surface area is 98.0 Å². The molecule has 1 saturated heterocycles. The average molecular weight is 242 g/mol. The van der Waals surface area contributed by atoms with Gasteiger partial charge in [-0.3, -0.25) is 0 Å². The standard InChI is InChI=1S/C10H15FN4O2/c11-7-5-13-9(12)15-8(7)14-6-10(16)1-3-17-4-2-10/h5,16H,1-4,6H2,(H3,12,13,14,15). The van der Waals surface area contributed by atoms with Gasteiger partial charge < -0.3 is 20.9 Å². The molecule has 94 valence electrons. The monoisotopic (exact) mass is 242 g/mol. The average Bonchev–Trinajstić information content (AvgIpc) is 2.31. The van der Waals surface area contributed by atoms with E-state index < -0.39 is 11.4 Å². The minimum Gasteiger partial charge on any atom is -0.388 e. The largest absolute Gasteiger partial charge is 0.388 e. The van der Waals surface area contributed by atoms with Crippen molar-refractivity contribution in [3.8, 4) is 0 Å². The lowest BCUT2D eigenvalue weighted by molar-refractivity contribution is -0.0544. The molecule has 7 heteroatoms. The highest BCUT2D eigenvalue weighted by molar-refractivity contribution is 5.39. The summed E-state index contributed by atoms with van der Waals surface area (Å²) < 4.78 is 18.5. The smallest absolute Gasteiger partial charge is 0.222 e. The lowest BCUT2D eigenvalue weighted by Gasteiger charge is -2.32. The number of nitrogen functional groups attached to an aromatic ring is 1. The maximum atomic E-state index is 13.3. The fraction of sp³-hybridized carbons (Fsp3) is 0.600. The first kappa shape index (κ1) is 12.0. The number of aliphatic hydroxyl groups is 1. The summed E-state index contributed by atoms with van der Waals surface area (Å²) >= 11 is 0. The molecule has 0 bridgehead atoms. The summed E-state index contributed by atoms with van der Waals surface area (Å²) in [5.41, 5.74) is 4.47. The summed E-state index contributed by atoms with van der Waals surface area (Å²) in [6.45, 7) is 1.23. The first-order chi connectivity index (χ1) is 8.09. The Hall–Kier alpha value is -1.47. The van der Waals surface area contributed by atoms with Gasteiger partial charge >= 0.3 is 0 Å². The third kappa shape index (κ3) is 3.01.